The quantitative estimate of drug-likeness (QED) is 0.0431. The molecule has 0 aromatic heterocycles. The smallest absolute Gasteiger partial charge is 0.303 e. The Morgan fingerprint density at radius 2 is 1.06 bits per heavy atom. The standard InChI is InChI=1S/C40H75N3O9/c1-3-5-7-9-11-13-15-17-19-21-23-25-29-43(35(47)26-24-22-20-18-16-14-12-10-8-6-4-2)40-37(39(51)38(50)32(31-44)52-40)42-34(46)30-41-33(45)27-28-36(48)49/h32,37-40,44,50-51H,3-31H2,1-2H3,(H,41,45)(H,42,46)(H,48,49)/t32-,37-,38-,39-,40-/m1/s1. The van der Waals surface area contributed by atoms with Crippen molar-refractivity contribution in [2.24, 2.45) is 0 Å². The van der Waals surface area contributed by atoms with Crippen LogP contribution >= 0.6 is 0 Å². The third kappa shape index (κ3) is 22.1. The SMILES string of the molecule is CCCCCCCCCCCCCCN(C(=O)CCCCCCCCCCCCC)[C@@H]1O[C@H](CO)[C@@H](O)[C@H](O)[C@H]1NC(=O)CNC(=O)CCC(=O)O. The lowest BCUT2D eigenvalue weighted by Gasteiger charge is -2.47. The van der Waals surface area contributed by atoms with Gasteiger partial charge in [-0.15, -0.1) is 0 Å². The first-order valence-corrected chi connectivity index (χ1v) is 20.9. The molecule has 0 saturated carbocycles. The summed E-state index contributed by atoms with van der Waals surface area (Å²) in [5.41, 5.74) is 0. The highest BCUT2D eigenvalue weighted by molar-refractivity contribution is 5.86. The van der Waals surface area contributed by atoms with Crippen molar-refractivity contribution in [1.82, 2.24) is 15.5 Å². The molecule has 1 heterocycles. The number of hydrogen-bond acceptors (Lipinski definition) is 8. The second-order valence-corrected chi connectivity index (χ2v) is 14.8. The van der Waals surface area contributed by atoms with E-state index in [1.54, 1.807) is 4.90 Å². The molecule has 6 N–H and O–H groups in total. The molecule has 1 aliphatic heterocycles. The fourth-order valence-electron chi connectivity index (χ4n) is 6.85. The van der Waals surface area contributed by atoms with Crippen LogP contribution in [0.25, 0.3) is 0 Å². The number of aliphatic hydroxyl groups excluding tert-OH is 3. The zero-order chi connectivity index (χ0) is 38.4. The molecule has 0 aliphatic carbocycles. The Labute approximate surface area is 314 Å². The third-order valence-electron chi connectivity index (χ3n) is 10.1. The second-order valence-electron chi connectivity index (χ2n) is 14.8. The average Bonchev–Trinajstić information content (AvgIpc) is 3.13. The van der Waals surface area contributed by atoms with Gasteiger partial charge in [0.1, 0.15) is 24.4 Å². The number of carboxylic acid groups (broad SMARTS) is 1. The number of carbonyl (C=O) groups is 4. The van der Waals surface area contributed by atoms with Crippen LogP contribution in [0.1, 0.15) is 181 Å². The molecule has 1 fully saturated rings. The van der Waals surface area contributed by atoms with Gasteiger partial charge >= 0.3 is 5.97 Å². The summed E-state index contributed by atoms with van der Waals surface area (Å²) < 4.78 is 6.05. The number of amides is 3. The molecule has 12 nitrogen and oxygen atoms in total. The monoisotopic (exact) mass is 742 g/mol. The van der Waals surface area contributed by atoms with Crippen molar-refractivity contribution < 1.29 is 44.3 Å². The second kappa shape index (κ2) is 31.1. The van der Waals surface area contributed by atoms with Crippen LogP contribution < -0.4 is 10.6 Å². The van der Waals surface area contributed by atoms with Gasteiger partial charge in [-0.1, -0.05) is 149 Å². The van der Waals surface area contributed by atoms with Crippen LogP contribution in [0, 0.1) is 0 Å². The molecule has 0 unspecified atom stereocenters. The highest BCUT2D eigenvalue weighted by Crippen LogP contribution is 2.26. The Morgan fingerprint density at radius 1 is 0.596 bits per heavy atom. The maximum atomic E-state index is 13.8. The summed E-state index contributed by atoms with van der Waals surface area (Å²) in [6.45, 7) is 3.71. The van der Waals surface area contributed by atoms with Crippen molar-refractivity contribution in [3.8, 4) is 0 Å². The number of ether oxygens (including phenoxy) is 1. The van der Waals surface area contributed by atoms with Crippen molar-refractivity contribution in [2.75, 3.05) is 19.7 Å². The Balaban J connectivity index is 2.82. The van der Waals surface area contributed by atoms with Crippen LogP contribution in [0.3, 0.4) is 0 Å². The molecule has 0 bridgehead atoms. The molecule has 1 aliphatic rings. The number of carboxylic acids is 1. The van der Waals surface area contributed by atoms with E-state index in [-0.39, 0.29) is 25.2 Å². The minimum absolute atomic E-state index is 0.175. The predicted octanol–water partition coefficient (Wildman–Crippen LogP) is 6.12. The van der Waals surface area contributed by atoms with E-state index in [2.05, 4.69) is 24.5 Å². The summed E-state index contributed by atoms with van der Waals surface area (Å²) in [6.07, 6.45) is 20.8. The van der Waals surface area contributed by atoms with Gasteiger partial charge in [-0.3, -0.25) is 19.2 Å². The largest absolute Gasteiger partial charge is 0.481 e. The van der Waals surface area contributed by atoms with Crippen molar-refractivity contribution in [2.45, 2.75) is 211 Å². The van der Waals surface area contributed by atoms with Gasteiger partial charge in [-0.05, 0) is 12.8 Å². The fraction of sp³-hybridized carbons (Fsp3) is 0.900. The maximum absolute atomic E-state index is 13.8. The highest BCUT2D eigenvalue weighted by atomic mass is 16.5. The Bertz CT molecular complexity index is 953. The number of aliphatic hydroxyl groups is 3. The maximum Gasteiger partial charge on any atom is 0.303 e. The van der Waals surface area contributed by atoms with Crippen LogP contribution in [0.15, 0.2) is 0 Å². The fourth-order valence-corrected chi connectivity index (χ4v) is 6.85. The van der Waals surface area contributed by atoms with E-state index >= 15 is 0 Å². The molecule has 52 heavy (non-hydrogen) atoms. The Kier molecular flexibility index (Phi) is 28.6. The van der Waals surface area contributed by atoms with Gasteiger partial charge < -0.3 is 40.7 Å². The van der Waals surface area contributed by atoms with E-state index < -0.39 is 61.5 Å². The van der Waals surface area contributed by atoms with E-state index in [1.165, 1.54) is 96.3 Å². The minimum atomic E-state index is -1.55. The summed E-state index contributed by atoms with van der Waals surface area (Å²) in [6, 6.07) is -1.22. The number of carbonyl (C=O) groups excluding carboxylic acids is 3. The van der Waals surface area contributed by atoms with Gasteiger partial charge in [0.2, 0.25) is 17.7 Å². The minimum Gasteiger partial charge on any atom is -0.481 e. The van der Waals surface area contributed by atoms with E-state index in [4.69, 9.17) is 9.84 Å². The van der Waals surface area contributed by atoms with Crippen LogP contribution in [0.4, 0.5) is 0 Å². The molecule has 0 aromatic rings. The van der Waals surface area contributed by atoms with Crippen LogP contribution in [-0.2, 0) is 23.9 Å². The average molecular weight is 742 g/mol. The van der Waals surface area contributed by atoms with E-state index in [1.807, 2.05) is 0 Å². The molecule has 5 atom stereocenters. The molecule has 304 valence electrons. The topological polar surface area (TPSA) is 186 Å². The molecule has 1 saturated heterocycles. The van der Waals surface area contributed by atoms with Crippen LogP contribution in [0.2, 0.25) is 0 Å². The molecule has 1 rings (SSSR count). The van der Waals surface area contributed by atoms with Crippen molar-refractivity contribution in [3.05, 3.63) is 0 Å². The van der Waals surface area contributed by atoms with Gasteiger partial charge in [0, 0.05) is 19.4 Å². The first-order valence-electron chi connectivity index (χ1n) is 20.9. The lowest BCUT2D eigenvalue weighted by Crippen LogP contribution is -2.69. The van der Waals surface area contributed by atoms with E-state index in [0.29, 0.717) is 19.4 Å². The molecule has 3 amide bonds. The van der Waals surface area contributed by atoms with Gasteiger partial charge in [-0.25, -0.2) is 0 Å². The summed E-state index contributed by atoms with van der Waals surface area (Å²) in [5.74, 6) is -2.63. The molecular weight excluding hydrogens is 666 g/mol. The number of nitrogens with one attached hydrogen (secondary N) is 2. The lowest BCUT2D eigenvalue weighted by atomic mass is 9.94. The number of rotatable bonds is 33. The summed E-state index contributed by atoms with van der Waals surface area (Å²) >= 11 is 0. The van der Waals surface area contributed by atoms with Crippen molar-refractivity contribution >= 4 is 23.7 Å². The molecule has 0 spiro atoms. The zero-order valence-corrected chi connectivity index (χ0v) is 32.7. The Morgan fingerprint density at radius 3 is 1.52 bits per heavy atom. The molecule has 0 aromatic carbocycles. The van der Waals surface area contributed by atoms with Crippen molar-refractivity contribution in [1.29, 1.82) is 0 Å². The number of nitrogens with zero attached hydrogens (tertiary/aromatic N) is 1. The van der Waals surface area contributed by atoms with Crippen molar-refractivity contribution in [3.63, 3.8) is 0 Å². The highest BCUT2D eigenvalue weighted by Gasteiger charge is 2.48. The number of hydrogen-bond donors (Lipinski definition) is 6. The zero-order valence-electron chi connectivity index (χ0n) is 32.7. The van der Waals surface area contributed by atoms with Gasteiger partial charge in [-0.2, -0.15) is 0 Å². The third-order valence-corrected chi connectivity index (χ3v) is 10.1. The normalized spacial score (nSPS) is 20.1. The van der Waals surface area contributed by atoms with Crippen LogP contribution in [0.5, 0.6) is 0 Å². The summed E-state index contributed by atoms with van der Waals surface area (Å²) in [4.78, 5) is 51.0. The van der Waals surface area contributed by atoms with Gasteiger partial charge in [0.15, 0.2) is 6.23 Å². The number of aliphatic carboxylic acids is 1. The Hall–Kier alpha value is -2.28. The first-order chi connectivity index (χ1) is 25.2. The predicted molar refractivity (Wildman–Crippen MR) is 203 cm³/mol. The number of unbranched alkanes of at least 4 members (excludes halogenated alkanes) is 21. The summed E-state index contributed by atoms with van der Waals surface area (Å²) in [7, 11) is 0. The molecular formula is C40H75N3O9. The summed E-state index contributed by atoms with van der Waals surface area (Å²) in [5, 5.41) is 45.6. The van der Waals surface area contributed by atoms with E-state index in [9.17, 15) is 34.5 Å². The molecule has 0 radical (unpaired) electrons. The van der Waals surface area contributed by atoms with Gasteiger partial charge in [0.05, 0.1) is 19.6 Å². The first kappa shape index (κ1) is 47.7. The van der Waals surface area contributed by atoms with E-state index in [0.717, 1.165) is 38.5 Å². The van der Waals surface area contributed by atoms with Crippen LogP contribution in [-0.4, -0.2) is 99.3 Å². The van der Waals surface area contributed by atoms with Gasteiger partial charge in [0.25, 0.3) is 0 Å². The lowest BCUT2D eigenvalue weighted by molar-refractivity contribution is -0.231. The molecule has 12 heteroatoms.